The summed E-state index contributed by atoms with van der Waals surface area (Å²) in [5.41, 5.74) is 4.38. The number of hydrogen-bond donors (Lipinski definition) is 1. The van der Waals surface area contributed by atoms with Gasteiger partial charge < -0.3 is 24.4 Å². The van der Waals surface area contributed by atoms with E-state index >= 15 is 0 Å². The molecule has 4 aromatic rings. The first-order valence-electron chi connectivity index (χ1n) is 18.3. The first-order valence-corrected chi connectivity index (χ1v) is 18.3. The lowest BCUT2D eigenvalue weighted by molar-refractivity contribution is -0.128. The van der Waals surface area contributed by atoms with Crippen LogP contribution in [-0.2, 0) is 14.9 Å². The van der Waals surface area contributed by atoms with E-state index in [1.165, 1.54) is 31.5 Å². The van der Waals surface area contributed by atoms with Crippen molar-refractivity contribution in [3.05, 3.63) is 60.2 Å². The Morgan fingerprint density at radius 1 is 0.920 bits per heavy atom. The largest absolute Gasteiger partial charge is 0.378 e. The Hall–Kier alpha value is -4.00. The highest BCUT2D eigenvalue weighted by molar-refractivity contribution is 6.09. The molecular formula is C38H44F2N8O2. The molecule has 0 bridgehead atoms. The maximum atomic E-state index is 14.9. The molecule has 0 unspecified atom stereocenters. The van der Waals surface area contributed by atoms with Crippen LogP contribution in [0.25, 0.3) is 22.3 Å². The third-order valence-electron chi connectivity index (χ3n) is 12.1. The van der Waals surface area contributed by atoms with Gasteiger partial charge in [0, 0.05) is 35.6 Å². The maximum Gasteiger partial charge on any atom is 0.251 e. The molecule has 1 amide bonds. The van der Waals surface area contributed by atoms with Crippen LogP contribution in [0.2, 0.25) is 0 Å². The van der Waals surface area contributed by atoms with Gasteiger partial charge in [-0.25, -0.2) is 15.0 Å². The summed E-state index contributed by atoms with van der Waals surface area (Å²) >= 11 is 0. The lowest BCUT2D eigenvalue weighted by Crippen LogP contribution is -2.59. The molecule has 12 heteroatoms. The quantitative estimate of drug-likeness (QED) is 0.231. The van der Waals surface area contributed by atoms with Crippen molar-refractivity contribution < 1.29 is 18.3 Å². The van der Waals surface area contributed by atoms with E-state index in [2.05, 4.69) is 43.2 Å². The molecule has 7 heterocycles. The average molecular weight is 683 g/mol. The van der Waals surface area contributed by atoms with Crippen molar-refractivity contribution in [2.24, 2.45) is 0 Å². The van der Waals surface area contributed by atoms with Crippen LogP contribution >= 0.6 is 0 Å². The fraction of sp³-hybridized carbons (Fsp3) is 0.526. The molecule has 10 nitrogen and oxygen atoms in total. The van der Waals surface area contributed by atoms with E-state index in [-0.39, 0.29) is 23.7 Å². The Balaban J connectivity index is 1.10. The number of hydrogen-bond acceptors (Lipinski definition) is 8. The molecule has 3 saturated heterocycles. The standard InChI is InChI=1S/C38H44F2N8O2/c1-23(2)47-22-42-31-19-30(44-36(34(31)47)43-29-8-11-41-35(40)33(29)39)24-6-7-28-32(16-24)48(26-17-25(18-26)45-12-4-3-5-13-45)37(49)38(28)9-14-46(15-10-38)27-20-50-21-27/h6-8,11,16,19,22-23,25-27H,3-5,9-10,12-15,17-18,20-21H2,1-2H3,(H,41,43,44). The van der Waals surface area contributed by atoms with Crippen molar-refractivity contribution in [2.75, 3.05) is 49.6 Å². The molecule has 0 radical (unpaired) electrons. The minimum absolute atomic E-state index is 0.0549. The van der Waals surface area contributed by atoms with Crippen molar-refractivity contribution >= 4 is 34.1 Å². The zero-order valence-electron chi connectivity index (χ0n) is 28.7. The van der Waals surface area contributed by atoms with Gasteiger partial charge in [-0.3, -0.25) is 9.69 Å². The molecule has 1 N–H and O–H groups in total. The number of fused-ring (bicyclic) bond motifs is 3. The van der Waals surface area contributed by atoms with E-state index in [1.807, 2.05) is 24.5 Å². The Morgan fingerprint density at radius 3 is 2.40 bits per heavy atom. The first kappa shape index (κ1) is 31.9. The summed E-state index contributed by atoms with van der Waals surface area (Å²) in [7, 11) is 0. The fourth-order valence-corrected chi connectivity index (χ4v) is 8.98. The molecule has 0 atom stereocenters. The van der Waals surface area contributed by atoms with Crippen molar-refractivity contribution in [3.63, 3.8) is 0 Å². The van der Waals surface area contributed by atoms with Crippen LogP contribution in [0.4, 0.5) is 26.0 Å². The minimum atomic E-state index is -1.18. The van der Waals surface area contributed by atoms with Crippen LogP contribution in [0.3, 0.4) is 0 Å². The van der Waals surface area contributed by atoms with Gasteiger partial charge in [0.25, 0.3) is 5.95 Å². The second kappa shape index (κ2) is 12.3. The number of nitrogens with zero attached hydrogens (tertiary/aromatic N) is 7. The van der Waals surface area contributed by atoms with Gasteiger partial charge in [0.1, 0.15) is 5.52 Å². The number of piperidine rings is 2. The van der Waals surface area contributed by atoms with Crippen molar-refractivity contribution in [1.29, 1.82) is 0 Å². The molecule has 262 valence electrons. The Kier molecular flexibility index (Phi) is 7.89. The van der Waals surface area contributed by atoms with Crippen LogP contribution in [0.5, 0.6) is 0 Å². The maximum absolute atomic E-state index is 14.9. The molecule has 1 saturated carbocycles. The number of likely N-dealkylation sites (tertiary alicyclic amines) is 2. The van der Waals surface area contributed by atoms with Gasteiger partial charge in [-0.2, -0.15) is 8.78 Å². The molecule has 1 aliphatic carbocycles. The Labute approximate surface area is 290 Å². The molecule has 50 heavy (non-hydrogen) atoms. The summed E-state index contributed by atoms with van der Waals surface area (Å²) in [5, 5.41) is 3.05. The second-order valence-electron chi connectivity index (χ2n) is 15.1. The summed E-state index contributed by atoms with van der Waals surface area (Å²) in [6.07, 6.45) is 10.4. The van der Waals surface area contributed by atoms with E-state index in [4.69, 9.17) is 14.7 Å². The van der Waals surface area contributed by atoms with Crippen molar-refractivity contribution in [3.8, 4) is 11.3 Å². The number of carbonyl (C=O) groups is 1. The third kappa shape index (κ3) is 5.12. The molecule has 5 aliphatic rings. The highest BCUT2D eigenvalue weighted by Gasteiger charge is 2.56. The van der Waals surface area contributed by atoms with Gasteiger partial charge >= 0.3 is 0 Å². The predicted molar refractivity (Wildman–Crippen MR) is 188 cm³/mol. The first-order chi connectivity index (χ1) is 24.3. The number of rotatable bonds is 7. The normalized spacial score (nSPS) is 24.2. The molecule has 1 spiro atoms. The number of pyridine rings is 2. The third-order valence-corrected chi connectivity index (χ3v) is 12.1. The van der Waals surface area contributed by atoms with E-state index in [1.54, 1.807) is 6.33 Å². The van der Waals surface area contributed by atoms with Crippen molar-refractivity contribution in [2.45, 2.75) is 88.4 Å². The number of carbonyl (C=O) groups excluding carboxylic acids is 1. The summed E-state index contributed by atoms with van der Waals surface area (Å²) in [4.78, 5) is 35.2. The smallest absolute Gasteiger partial charge is 0.251 e. The lowest BCUT2D eigenvalue weighted by atomic mass is 9.73. The summed E-state index contributed by atoms with van der Waals surface area (Å²) in [6.45, 7) is 9.70. The van der Waals surface area contributed by atoms with Crippen LogP contribution < -0.4 is 10.2 Å². The van der Waals surface area contributed by atoms with Gasteiger partial charge in [-0.05, 0) is 102 Å². The molecule has 4 aliphatic heterocycles. The summed E-state index contributed by atoms with van der Waals surface area (Å²) in [6, 6.07) is 10.9. The number of ether oxygens (including phenoxy) is 1. The number of aromatic nitrogens is 4. The molecule has 4 fully saturated rings. The summed E-state index contributed by atoms with van der Waals surface area (Å²) < 4.78 is 36.4. The van der Waals surface area contributed by atoms with Gasteiger partial charge in [0.15, 0.2) is 5.82 Å². The van der Waals surface area contributed by atoms with E-state index < -0.39 is 17.2 Å². The number of halogens is 2. The highest BCUT2D eigenvalue weighted by Crippen LogP contribution is 2.52. The van der Waals surface area contributed by atoms with Gasteiger partial charge in [-0.1, -0.05) is 18.6 Å². The molecule has 9 rings (SSSR count). The second-order valence-corrected chi connectivity index (χ2v) is 15.1. The number of anilines is 3. The molecule has 3 aromatic heterocycles. The zero-order valence-corrected chi connectivity index (χ0v) is 28.7. The summed E-state index contributed by atoms with van der Waals surface area (Å²) in [5.74, 6) is -1.64. The number of imidazole rings is 1. The highest BCUT2D eigenvalue weighted by atomic mass is 19.2. The van der Waals surface area contributed by atoms with Crippen LogP contribution in [0.1, 0.15) is 70.4 Å². The number of amides is 1. The Morgan fingerprint density at radius 2 is 1.68 bits per heavy atom. The van der Waals surface area contributed by atoms with Gasteiger partial charge in [-0.15, -0.1) is 0 Å². The monoisotopic (exact) mass is 682 g/mol. The number of nitrogens with one attached hydrogen (secondary N) is 1. The van der Waals surface area contributed by atoms with Gasteiger partial charge in [0.2, 0.25) is 11.7 Å². The van der Waals surface area contributed by atoms with Crippen molar-refractivity contribution in [1.82, 2.24) is 29.3 Å². The van der Waals surface area contributed by atoms with Crippen LogP contribution in [-0.4, -0.2) is 92.7 Å². The topological polar surface area (TPSA) is 91.7 Å². The molecule has 1 aromatic carbocycles. The van der Waals surface area contributed by atoms with E-state index in [0.29, 0.717) is 34.6 Å². The van der Waals surface area contributed by atoms with Gasteiger partial charge in [0.05, 0.1) is 47.9 Å². The van der Waals surface area contributed by atoms with Crippen LogP contribution in [0.15, 0.2) is 42.9 Å². The minimum Gasteiger partial charge on any atom is -0.378 e. The van der Waals surface area contributed by atoms with E-state index in [9.17, 15) is 13.6 Å². The van der Waals surface area contributed by atoms with Crippen LogP contribution in [0, 0.1) is 11.8 Å². The Bertz CT molecular complexity index is 1940. The predicted octanol–water partition coefficient (Wildman–Crippen LogP) is 6.19. The average Bonchev–Trinajstić information content (AvgIpc) is 3.61. The SMILES string of the molecule is CC(C)n1cnc2cc(-c3ccc4c(c3)N(C3CC(N5CCCCC5)C3)C(=O)C43CCN(C4COC4)CC3)nc(Nc3ccnc(F)c3F)c21. The zero-order chi connectivity index (χ0) is 34.1. The number of benzene rings is 1. The molecular weight excluding hydrogens is 638 g/mol. The lowest BCUT2D eigenvalue weighted by Gasteiger charge is -2.48. The fourth-order valence-electron chi connectivity index (χ4n) is 8.98. The van der Waals surface area contributed by atoms with E-state index in [0.717, 1.165) is 81.9 Å².